The Labute approximate surface area is 157 Å². The van der Waals surface area contributed by atoms with Crippen LogP contribution in [0.25, 0.3) is 0 Å². The van der Waals surface area contributed by atoms with Gasteiger partial charge in [-0.15, -0.1) is 0 Å². The van der Waals surface area contributed by atoms with Crippen LogP contribution in [0.5, 0.6) is 0 Å². The van der Waals surface area contributed by atoms with E-state index in [2.05, 4.69) is 5.32 Å². The Morgan fingerprint density at radius 3 is 2.52 bits per heavy atom. The van der Waals surface area contributed by atoms with Gasteiger partial charge >= 0.3 is 0 Å². The standard InChI is InChI=1S/C18H24F2N2O4S/c1-11-9-22(10-12(2)26-11)27(24,25)6-5-21-18(23)15-8-14(15)13-3-4-16(19)17(20)7-13/h3-4,7,11-12,14-15H,5-6,8-10H2,1-2H3,(H,21,23). The molecule has 2 fully saturated rings. The predicted molar refractivity (Wildman–Crippen MR) is 95.6 cm³/mol. The average molecular weight is 402 g/mol. The molecule has 1 heterocycles. The number of benzene rings is 1. The molecule has 2 aliphatic rings. The fourth-order valence-corrected chi connectivity index (χ4v) is 5.01. The molecule has 3 rings (SSSR count). The lowest BCUT2D eigenvalue weighted by molar-refractivity contribution is -0.122. The number of nitrogens with zero attached hydrogens (tertiary/aromatic N) is 1. The lowest BCUT2D eigenvalue weighted by atomic mass is 10.1. The minimum atomic E-state index is -3.48. The molecular weight excluding hydrogens is 378 g/mol. The number of halogens is 2. The maximum Gasteiger partial charge on any atom is 0.223 e. The summed E-state index contributed by atoms with van der Waals surface area (Å²) in [5.41, 5.74) is 0.581. The largest absolute Gasteiger partial charge is 0.373 e. The van der Waals surface area contributed by atoms with Gasteiger partial charge in [-0.1, -0.05) is 6.07 Å². The highest BCUT2D eigenvalue weighted by Crippen LogP contribution is 2.47. The molecule has 4 unspecified atom stereocenters. The zero-order valence-electron chi connectivity index (χ0n) is 15.3. The van der Waals surface area contributed by atoms with Crippen molar-refractivity contribution in [1.29, 1.82) is 0 Å². The molecule has 150 valence electrons. The molecule has 1 saturated carbocycles. The summed E-state index contributed by atoms with van der Waals surface area (Å²) in [7, 11) is -3.48. The van der Waals surface area contributed by atoms with E-state index in [1.165, 1.54) is 10.4 Å². The van der Waals surface area contributed by atoms with E-state index in [0.29, 0.717) is 25.1 Å². The summed E-state index contributed by atoms with van der Waals surface area (Å²) in [6.45, 7) is 4.28. The van der Waals surface area contributed by atoms with E-state index in [1.807, 2.05) is 13.8 Å². The monoisotopic (exact) mass is 402 g/mol. The normalized spacial score (nSPS) is 28.7. The van der Waals surface area contributed by atoms with Gasteiger partial charge in [0.15, 0.2) is 11.6 Å². The smallest absolute Gasteiger partial charge is 0.223 e. The van der Waals surface area contributed by atoms with Gasteiger partial charge in [-0.3, -0.25) is 4.79 Å². The van der Waals surface area contributed by atoms with Crippen LogP contribution in [0, 0.1) is 17.6 Å². The number of hydrogen-bond donors (Lipinski definition) is 1. The molecule has 0 radical (unpaired) electrons. The van der Waals surface area contributed by atoms with Crippen LogP contribution in [0.2, 0.25) is 0 Å². The fraction of sp³-hybridized carbons (Fsp3) is 0.611. The number of rotatable bonds is 6. The van der Waals surface area contributed by atoms with E-state index in [1.54, 1.807) is 0 Å². The quantitative estimate of drug-likeness (QED) is 0.785. The molecule has 1 aromatic carbocycles. The van der Waals surface area contributed by atoms with Crippen LogP contribution in [0.1, 0.15) is 31.7 Å². The van der Waals surface area contributed by atoms with Gasteiger partial charge in [0.1, 0.15) is 0 Å². The van der Waals surface area contributed by atoms with Gasteiger partial charge in [-0.25, -0.2) is 17.2 Å². The highest BCUT2D eigenvalue weighted by molar-refractivity contribution is 7.89. The summed E-state index contributed by atoms with van der Waals surface area (Å²) in [6.07, 6.45) is 0.213. The maximum absolute atomic E-state index is 13.3. The third kappa shape index (κ3) is 4.83. The minimum Gasteiger partial charge on any atom is -0.373 e. The number of hydrogen-bond acceptors (Lipinski definition) is 4. The molecule has 1 aromatic rings. The van der Waals surface area contributed by atoms with Crippen molar-refractivity contribution < 1.29 is 26.7 Å². The molecule has 1 saturated heterocycles. The molecule has 6 nitrogen and oxygen atoms in total. The van der Waals surface area contributed by atoms with Crippen molar-refractivity contribution in [2.75, 3.05) is 25.4 Å². The maximum atomic E-state index is 13.3. The molecule has 1 aliphatic heterocycles. The third-order valence-corrected chi connectivity index (χ3v) is 6.74. The Bertz CT molecular complexity index is 808. The van der Waals surface area contributed by atoms with E-state index in [-0.39, 0.29) is 42.2 Å². The zero-order chi connectivity index (χ0) is 19.8. The van der Waals surface area contributed by atoms with Gasteiger partial charge in [0, 0.05) is 25.6 Å². The SMILES string of the molecule is CC1CN(S(=O)(=O)CCNC(=O)C2CC2c2ccc(F)c(F)c2)CC(C)O1. The highest BCUT2D eigenvalue weighted by Gasteiger charge is 2.44. The van der Waals surface area contributed by atoms with Gasteiger partial charge < -0.3 is 10.1 Å². The Morgan fingerprint density at radius 1 is 1.22 bits per heavy atom. The second kappa shape index (κ2) is 7.81. The Hall–Kier alpha value is -1.58. The molecular formula is C18H24F2N2O4S. The zero-order valence-corrected chi connectivity index (χ0v) is 16.1. The van der Waals surface area contributed by atoms with Gasteiger partial charge in [0.25, 0.3) is 0 Å². The van der Waals surface area contributed by atoms with E-state index < -0.39 is 21.7 Å². The first kappa shape index (κ1) is 20.2. The van der Waals surface area contributed by atoms with Crippen LogP contribution in [-0.4, -0.2) is 56.2 Å². The molecule has 1 N–H and O–H groups in total. The summed E-state index contributed by atoms with van der Waals surface area (Å²) in [4.78, 5) is 12.2. The molecule has 0 bridgehead atoms. The summed E-state index contributed by atoms with van der Waals surface area (Å²) in [5.74, 6) is -2.78. The van der Waals surface area contributed by atoms with Crippen molar-refractivity contribution in [1.82, 2.24) is 9.62 Å². The van der Waals surface area contributed by atoms with Crippen molar-refractivity contribution in [3.05, 3.63) is 35.4 Å². The van der Waals surface area contributed by atoms with Crippen molar-refractivity contribution in [2.45, 2.75) is 38.4 Å². The van der Waals surface area contributed by atoms with Crippen molar-refractivity contribution in [3.63, 3.8) is 0 Å². The van der Waals surface area contributed by atoms with Crippen LogP contribution in [-0.2, 0) is 19.6 Å². The number of morpholine rings is 1. The second-order valence-electron chi connectivity index (χ2n) is 7.30. The number of amides is 1. The number of carbonyl (C=O) groups is 1. The van der Waals surface area contributed by atoms with Crippen LogP contribution >= 0.6 is 0 Å². The number of nitrogens with one attached hydrogen (secondary N) is 1. The Morgan fingerprint density at radius 2 is 1.89 bits per heavy atom. The average Bonchev–Trinajstić information content (AvgIpc) is 3.37. The summed E-state index contributed by atoms with van der Waals surface area (Å²) in [5, 5.41) is 2.64. The van der Waals surface area contributed by atoms with E-state index in [0.717, 1.165) is 12.1 Å². The van der Waals surface area contributed by atoms with Gasteiger partial charge in [-0.05, 0) is 43.9 Å². The summed E-state index contributed by atoms with van der Waals surface area (Å²) >= 11 is 0. The first-order valence-corrected chi connectivity index (χ1v) is 10.6. The number of carbonyl (C=O) groups excluding carboxylic acids is 1. The van der Waals surface area contributed by atoms with Crippen molar-refractivity contribution in [2.24, 2.45) is 5.92 Å². The van der Waals surface area contributed by atoms with E-state index >= 15 is 0 Å². The van der Waals surface area contributed by atoms with Gasteiger partial charge in [-0.2, -0.15) is 4.31 Å². The van der Waals surface area contributed by atoms with Crippen LogP contribution in [0.4, 0.5) is 8.78 Å². The molecule has 0 spiro atoms. The Balaban J connectivity index is 1.48. The molecule has 1 aliphatic carbocycles. The lowest BCUT2D eigenvalue weighted by Gasteiger charge is -2.34. The minimum absolute atomic E-state index is 0.0162. The number of ether oxygens (including phenoxy) is 1. The highest BCUT2D eigenvalue weighted by atomic mass is 32.2. The summed E-state index contributed by atoms with van der Waals surface area (Å²) in [6, 6.07) is 3.63. The molecule has 9 heteroatoms. The third-order valence-electron chi connectivity index (χ3n) is 4.94. The molecule has 0 aromatic heterocycles. The van der Waals surface area contributed by atoms with Crippen LogP contribution in [0.3, 0.4) is 0 Å². The van der Waals surface area contributed by atoms with Crippen molar-refractivity contribution in [3.8, 4) is 0 Å². The topological polar surface area (TPSA) is 75.7 Å². The molecule has 27 heavy (non-hydrogen) atoms. The van der Waals surface area contributed by atoms with Crippen molar-refractivity contribution >= 4 is 15.9 Å². The predicted octanol–water partition coefficient (Wildman–Crippen LogP) is 1.62. The van der Waals surface area contributed by atoms with Crippen LogP contribution < -0.4 is 5.32 Å². The molecule has 1 amide bonds. The first-order valence-electron chi connectivity index (χ1n) is 9.03. The van der Waals surface area contributed by atoms with Crippen LogP contribution in [0.15, 0.2) is 18.2 Å². The van der Waals surface area contributed by atoms with E-state index in [4.69, 9.17) is 4.74 Å². The summed E-state index contributed by atoms with van der Waals surface area (Å²) < 4.78 is 58.1. The lowest BCUT2D eigenvalue weighted by Crippen LogP contribution is -2.49. The fourth-order valence-electron chi connectivity index (χ4n) is 3.52. The second-order valence-corrected chi connectivity index (χ2v) is 9.39. The Kier molecular flexibility index (Phi) is 5.83. The van der Waals surface area contributed by atoms with Gasteiger partial charge in [0.05, 0.1) is 18.0 Å². The van der Waals surface area contributed by atoms with E-state index in [9.17, 15) is 22.0 Å². The van der Waals surface area contributed by atoms with Gasteiger partial charge in [0.2, 0.25) is 15.9 Å². The molecule has 4 atom stereocenters. The number of sulfonamides is 1. The first-order chi connectivity index (χ1) is 12.7.